The molecule has 1 aromatic heterocycles. The molecule has 1 aliphatic rings. The predicted molar refractivity (Wildman–Crippen MR) is 125 cm³/mol. The highest BCUT2D eigenvalue weighted by Crippen LogP contribution is 2.40. The minimum atomic E-state index is -0.218. The molecule has 1 aliphatic heterocycles. The van der Waals surface area contributed by atoms with Crippen LogP contribution in [0.5, 0.6) is 0 Å². The van der Waals surface area contributed by atoms with Crippen LogP contribution in [0.15, 0.2) is 62.3 Å². The fourth-order valence-corrected chi connectivity index (χ4v) is 4.19. The average Bonchev–Trinajstić information content (AvgIpc) is 2.77. The van der Waals surface area contributed by atoms with Gasteiger partial charge in [0.1, 0.15) is 0 Å². The molecular weight excluding hydrogens is 396 g/mol. The maximum absolute atomic E-state index is 12.1. The van der Waals surface area contributed by atoms with E-state index >= 15 is 0 Å². The highest BCUT2D eigenvalue weighted by atomic mass is 35.5. The van der Waals surface area contributed by atoms with Gasteiger partial charge in [-0.3, -0.25) is 4.98 Å². The van der Waals surface area contributed by atoms with Gasteiger partial charge in [-0.15, -0.1) is 13.2 Å². The van der Waals surface area contributed by atoms with Crippen molar-refractivity contribution in [1.29, 1.82) is 0 Å². The second-order valence-electron chi connectivity index (χ2n) is 7.27. The predicted octanol–water partition coefficient (Wildman–Crippen LogP) is 6.57. The van der Waals surface area contributed by atoms with Crippen molar-refractivity contribution < 1.29 is 9.53 Å². The van der Waals surface area contributed by atoms with Crippen molar-refractivity contribution in [3.8, 4) is 0 Å². The fraction of sp³-hybridized carbons (Fsp3) is 0.360. The Morgan fingerprint density at radius 2 is 1.97 bits per heavy atom. The average molecular weight is 427 g/mol. The van der Waals surface area contributed by atoms with E-state index in [0.717, 1.165) is 29.7 Å². The summed E-state index contributed by atoms with van der Waals surface area (Å²) in [5, 5.41) is 0.707. The first-order valence-electron chi connectivity index (χ1n) is 10.3. The lowest BCUT2D eigenvalue weighted by Gasteiger charge is -2.36. The van der Waals surface area contributed by atoms with Gasteiger partial charge >= 0.3 is 6.09 Å². The third kappa shape index (κ3) is 5.73. The van der Waals surface area contributed by atoms with E-state index in [9.17, 15) is 4.79 Å². The number of nitrogens with zero attached hydrogens (tertiary/aromatic N) is 2. The molecule has 3 rings (SSSR count). The van der Waals surface area contributed by atoms with E-state index in [4.69, 9.17) is 16.3 Å². The number of hydrogen-bond acceptors (Lipinski definition) is 3. The molecule has 1 saturated heterocycles. The SMILES string of the molecule is C=C.C=C(C)c1cc(Cl)ccc1C(c1ccccn1)C1CCN(C(=O)OCC)CC1. The Bertz CT molecular complexity index is 845. The van der Waals surface area contributed by atoms with Crippen LogP contribution in [0.4, 0.5) is 4.79 Å². The first-order chi connectivity index (χ1) is 14.5. The van der Waals surface area contributed by atoms with Gasteiger partial charge in [-0.1, -0.05) is 35.9 Å². The van der Waals surface area contributed by atoms with E-state index in [0.29, 0.717) is 30.6 Å². The highest BCUT2D eigenvalue weighted by molar-refractivity contribution is 6.30. The number of hydrogen-bond donors (Lipinski definition) is 0. The van der Waals surface area contributed by atoms with Crippen molar-refractivity contribution in [3.05, 3.63) is 84.2 Å². The summed E-state index contributed by atoms with van der Waals surface area (Å²) in [6.45, 7) is 15.8. The van der Waals surface area contributed by atoms with Gasteiger partial charge < -0.3 is 9.64 Å². The van der Waals surface area contributed by atoms with Gasteiger partial charge in [-0.05, 0) is 68.0 Å². The van der Waals surface area contributed by atoms with Crippen molar-refractivity contribution in [2.75, 3.05) is 19.7 Å². The van der Waals surface area contributed by atoms with Crippen molar-refractivity contribution in [3.63, 3.8) is 0 Å². The number of likely N-dealkylation sites (tertiary alicyclic amines) is 1. The summed E-state index contributed by atoms with van der Waals surface area (Å²) in [4.78, 5) is 18.5. The molecule has 1 aromatic carbocycles. The summed E-state index contributed by atoms with van der Waals surface area (Å²) in [5.41, 5.74) is 4.31. The summed E-state index contributed by atoms with van der Waals surface area (Å²) in [6.07, 6.45) is 3.42. The van der Waals surface area contributed by atoms with Gasteiger partial charge in [0.05, 0.1) is 6.61 Å². The van der Waals surface area contributed by atoms with Gasteiger partial charge in [0.2, 0.25) is 0 Å². The lowest BCUT2D eigenvalue weighted by atomic mass is 9.76. The Hall–Kier alpha value is -2.59. The quantitative estimate of drug-likeness (QED) is 0.507. The Morgan fingerprint density at radius 1 is 1.27 bits per heavy atom. The maximum atomic E-state index is 12.1. The molecule has 0 spiro atoms. The maximum Gasteiger partial charge on any atom is 0.409 e. The second kappa shape index (κ2) is 11.6. The van der Waals surface area contributed by atoms with E-state index in [1.165, 1.54) is 5.56 Å². The van der Waals surface area contributed by atoms with Gasteiger partial charge in [0.15, 0.2) is 0 Å². The molecule has 0 radical (unpaired) electrons. The summed E-state index contributed by atoms with van der Waals surface area (Å²) >= 11 is 6.27. The summed E-state index contributed by atoms with van der Waals surface area (Å²) in [7, 11) is 0. The number of allylic oxidation sites excluding steroid dienone is 1. The van der Waals surface area contributed by atoms with Crippen LogP contribution in [0, 0.1) is 5.92 Å². The van der Waals surface area contributed by atoms with Gasteiger partial charge in [-0.25, -0.2) is 4.79 Å². The zero-order chi connectivity index (χ0) is 22.1. The van der Waals surface area contributed by atoms with E-state index < -0.39 is 0 Å². The molecular formula is C25H31ClN2O2. The largest absolute Gasteiger partial charge is 0.450 e. The number of aromatic nitrogens is 1. The van der Waals surface area contributed by atoms with E-state index in [-0.39, 0.29) is 12.0 Å². The summed E-state index contributed by atoms with van der Waals surface area (Å²) in [6, 6.07) is 12.1. The van der Waals surface area contributed by atoms with Crippen LogP contribution >= 0.6 is 11.6 Å². The number of rotatable bonds is 5. The monoisotopic (exact) mass is 426 g/mol. The minimum absolute atomic E-state index is 0.134. The van der Waals surface area contributed by atoms with Crippen LogP contribution in [0.25, 0.3) is 5.57 Å². The zero-order valence-electron chi connectivity index (χ0n) is 17.9. The normalized spacial score (nSPS) is 15.0. The highest BCUT2D eigenvalue weighted by Gasteiger charge is 2.32. The number of carbonyl (C=O) groups is 1. The third-order valence-corrected chi connectivity index (χ3v) is 5.59. The molecule has 2 aromatic rings. The number of benzene rings is 1. The van der Waals surface area contributed by atoms with E-state index in [1.54, 1.807) is 4.90 Å². The van der Waals surface area contributed by atoms with E-state index in [2.05, 4.69) is 36.9 Å². The molecule has 1 unspecified atom stereocenters. The Balaban J connectivity index is 0.00000155. The van der Waals surface area contributed by atoms with Crippen LogP contribution in [0.1, 0.15) is 49.4 Å². The Labute approximate surface area is 185 Å². The zero-order valence-corrected chi connectivity index (χ0v) is 18.7. The number of ether oxygens (including phenoxy) is 1. The lowest BCUT2D eigenvalue weighted by Crippen LogP contribution is -2.40. The molecule has 0 bridgehead atoms. The molecule has 4 nitrogen and oxygen atoms in total. The van der Waals surface area contributed by atoms with Gasteiger partial charge in [0, 0.05) is 35.9 Å². The molecule has 1 amide bonds. The topological polar surface area (TPSA) is 42.4 Å². The molecule has 5 heteroatoms. The number of halogens is 1. The van der Waals surface area contributed by atoms with Crippen LogP contribution in [0.2, 0.25) is 5.02 Å². The molecule has 160 valence electrons. The molecule has 1 atom stereocenters. The number of pyridine rings is 1. The van der Waals surface area contributed by atoms with Gasteiger partial charge in [-0.2, -0.15) is 0 Å². The Kier molecular flexibility index (Phi) is 9.13. The fourth-order valence-electron chi connectivity index (χ4n) is 4.01. The number of carbonyl (C=O) groups excluding carboxylic acids is 1. The van der Waals surface area contributed by atoms with Crippen molar-refractivity contribution in [2.24, 2.45) is 5.92 Å². The molecule has 2 heterocycles. The lowest BCUT2D eigenvalue weighted by molar-refractivity contribution is 0.0900. The smallest absolute Gasteiger partial charge is 0.409 e. The van der Waals surface area contributed by atoms with Crippen molar-refractivity contribution in [2.45, 2.75) is 32.6 Å². The molecule has 0 aliphatic carbocycles. The summed E-state index contributed by atoms with van der Waals surface area (Å²) < 4.78 is 5.16. The first-order valence-corrected chi connectivity index (χ1v) is 10.7. The summed E-state index contributed by atoms with van der Waals surface area (Å²) in [5.74, 6) is 0.509. The van der Waals surface area contributed by atoms with Crippen molar-refractivity contribution in [1.82, 2.24) is 9.88 Å². The molecule has 0 N–H and O–H groups in total. The minimum Gasteiger partial charge on any atom is -0.450 e. The van der Waals surface area contributed by atoms with E-state index in [1.807, 2.05) is 44.3 Å². The van der Waals surface area contributed by atoms with Crippen LogP contribution < -0.4 is 0 Å². The van der Waals surface area contributed by atoms with Crippen molar-refractivity contribution >= 4 is 23.3 Å². The van der Waals surface area contributed by atoms with Crippen LogP contribution in [0.3, 0.4) is 0 Å². The Morgan fingerprint density at radius 3 is 2.53 bits per heavy atom. The molecule has 30 heavy (non-hydrogen) atoms. The van der Waals surface area contributed by atoms with Gasteiger partial charge in [0.25, 0.3) is 0 Å². The van der Waals surface area contributed by atoms with Crippen LogP contribution in [-0.2, 0) is 4.74 Å². The number of amides is 1. The molecule has 1 fully saturated rings. The second-order valence-corrected chi connectivity index (χ2v) is 7.70. The number of piperidine rings is 1. The molecule has 0 saturated carbocycles. The first kappa shape index (κ1) is 23.7. The standard InChI is InChI=1S/C23H27ClN2O2.C2H4/c1-4-28-23(27)26-13-10-17(11-14-26)22(21-7-5-6-12-25-21)19-9-8-18(24)15-20(19)16(2)3;1-2/h5-9,12,15,17,22H,2,4,10-11,13-14H2,1,3H3;1-2H2. The third-order valence-electron chi connectivity index (χ3n) is 5.35. The van der Waals surface area contributed by atoms with Crippen LogP contribution in [-0.4, -0.2) is 35.7 Å².